The number of carbonyl (C=O) groups is 3. The van der Waals surface area contributed by atoms with Crippen LogP contribution in [-0.2, 0) is 14.3 Å². The Morgan fingerprint density at radius 1 is 1.03 bits per heavy atom. The molecule has 0 aliphatic rings. The van der Waals surface area contributed by atoms with Crippen LogP contribution in [0.15, 0.2) is 47.6 Å². The summed E-state index contributed by atoms with van der Waals surface area (Å²) in [6.07, 6.45) is 0. The molecular weight excluding hydrogens is 434 g/mol. The summed E-state index contributed by atoms with van der Waals surface area (Å²) in [6, 6.07) is 11.8. The van der Waals surface area contributed by atoms with E-state index in [1.165, 1.54) is 32.4 Å². The first kappa shape index (κ1) is 21.2. The van der Waals surface area contributed by atoms with Gasteiger partial charge in [0.05, 0.1) is 36.8 Å². The van der Waals surface area contributed by atoms with Crippen molar-refractivity contribution in [1.82, 2.24) is 20.2 Å². The number of aromatic nitrogens is 4. The largest absolute Gasteiger partial charge is 0.465 e. The molecule has 1 amide bonds. The van der Waals surface area contributed by atoms with E-state index in [1.807, 2.05) is 24.3 Å². The third-order valence-electron chi connectivity index (χ3n) is 4.55. The summed E-state index contributed by atoms with van der Waals surface area (Å²) in [5, 5.41) is 12.1. The maximum Gasteiger partial charge on any atom is 0.339 e. The molecule has 0 bridgehead atoms. The van der Waals surface area contributed by atoms with Gasteiger partial charge in [-0.05, 0) is 24.3 Å². The minimum atomic E-state index is -0.652. The van der Waals surface area contributed by atoms with Gasteiger partial charge in [0, 0.05) is 10.9 Å². The number of benzene rings is 2. The highest BCUT2D eigenvalue weighted by Gasteiger charge is 2.18. The van der Waals surface area contributed by atoms with E-state index >= 15 is 0 Å². The first-order valence-electron chi connectivity index (χ1n) is 9.34. The Labute approximate surface area is 185 Å². The number of esters is 2. The van der Waals surface area contributed by atoms with Crippen molar-refractivity contribution < 1.29 is 23.9 Å². The number of fused-ring (bicyclic) bond motifs is 3. The fourth-order valence-electron chi connectivity index (χ4n) is 3.06. The Morgan fingerprint density at radius 3 is 2.59 bits per heavy atom. The molecule has 4 aromatic rings. The summed E-state index contributed by atoms with van der Waals surface area (Å²) >= 11 is 1.08. The quantitative estimate of drug-likeness (QED) is 0.335. The number of ether oxygens (including phenoxy) is 2. The molecule has 162 valence electrons. The van der Waals surface area contributed by atoms with Crippen LogP contribution < -0.4 is 5.32 Å². The van der Waals surface area contributed by atoms with Crippen LogP contribution in [0, 0.1) is 0 Å². The first-order chi connectivity index (χ1) is 15.5. The third-order valence-corrected chi connectivity index (χ3v) is 5.39. The number of H-pyrrole nitrogens is 1. The summed E-state index contributed by atoms with van der Waals surface area (Å²) in [7, 11) is 2.46. The lowest BCUT2D eigenvalue weighted by Gasteiger charge is -2.11. The van der Waals surface area contributed by atoms with E-state index in [4.69, 9.17) is 4.74 Å². The molecule has 0 aliphatic heterocycles. The van der Waals surface area contributed by atoms with Gasteiger partial charge in [0.25, 0.3) is 0 Å². The van der Waals surface area contributed by atoms with Crippen molar-refractivity contribution in [3.8, 4) is 0 Å². The molecule has 2 aromatic heterocycles. The number of methoxy groups -OCH3 is 2. The number of hydrogen-bond donors (Lipinski definition) is 2. The van der Waals surface area contributed by atoms with E-state index in [0.29, 0.717) is 16.3 Å². The molecule has 2 aromatic carbocycles. The SMILES string of the molecule is COC(=O)c1ccc(C(=O)OC)c(NC(=O)CSc2nnc3c(n2)[nH]c2ccccc23)c1. The maximum atomic E-state index is 12.5. The molecule has 0 atom stereocenters. The summed E-state index contributed by atoms with van der Waals surface area (Å²) in [4.78, 5) is 43.9. The molecule has 10 nitrogen and oxygen atoms in total. The average molecular weight is 451 g/mol. The van der Waals surface area contributed by atoms with E-state index in [2.05, 4.69) is 30.2 Å². The summed E-state index contributed by atoms with van der Waals surface area (Å²) in [6.45, 7) is 0. The number of anilines is 1. The summed E-state index contributed by atoms with van der Waals surface area (Å²) < 4.78 is 9.42. The molecule has 0 saturated carbocycles. The van der Waals surface area contributed by atoms with E-state index < -0.39 is 17.8 Å². The first-order valence-corrected chi connectivity index (χ1v) is 10.3. The van der Waals surface area contributed by atoms with E-state index in [1.54, 1.807) is 0 Å². The predicted octanol–water partition coefficient (Wildman–Crippen LogP) is 2.81. The molecule has 0 unspecified atom stereocenters. The van der Waals surface area contributed by atoms with E-state index in [9.17, 15) is 14.4 Å². The third kappa shape index (κ3) is 4.23. The highest BCUT2D eigenvalue weighted by Crippen LogP contribution is 2.24. The van der Waals surface area contributed by atoms with Crippen LogP contribution in [-0.4, -0.2) is 58.0 Å². The average Bonchev–Trinajstić information content (AvgIpc) is 3.19. The van der Waals surface area contributed by atoms with E-state index in [0.717, 1.165) is 22.7 Å². The van der Waals surface area contributed by atoms with Crippen molar-refractivity contribution in [1.29, 1.82) is 0 Å². The van der Waals surface area contributed by atoms with Gasteiger partial charge in [-0.2, -0.15) is 0 Å². The van der Waals surface area contributed by atoms with Crippen LogP contribution in [0.2, 0.25) is 0 Å². The minimum absolute atomic E-state index is 0.0452. The molecule has 0 spiro atoms. The normalized spacial score (nSPS) is 10.8. The standard InChI is InChI=1S/C21H17N5O5S/c1-30-19(28)11-7-8-13(20(29)31-2)15(9-11)22-16(27)10-32-21-24-18-17(25-26-21)12-5-3-4-6-14(12)23-18/h3-9H,10H2,1-2H3,(H,22,27)(H,23,24,26). The predicted molar refractivity (Wildman–Crippen MR) is 118 cm³/mol. The van der Waals surface area contributed by atoms with Crippen molar-refractivity contribution in [3.63, 3.8) is 0 Å². The molecule has 0 fully saturated rings. The minimum Gasteiger partial charge on any atom is -0.465 e. The molecular formula is C21H17N5O5S. The number of nitrogens with one attached hydrogen (secondary N) is 2. The number of carbonyl (C=O) groups excluding carboxylic acids is 3. The molecule has 2 heterocycles. The second kappa shape index (κ2) is 9.02. The topological polar surface area (TPSA) is 136 Å². The second-order valence-electron chi connectivity index (χ2n) is 6.54. The smallest absolute Gasteiger partial charge is 0.339 e. The summed E-state index contributed by atoms with van der Waals surface area (Å²) in [5.41, 5.74) is 2.54. The van der Waals surface area contributed by atoms with Crippen LogP contribution in [0.3, 0.4) is 0 Å². The molecule has 0 saturated heterocycles. The van der Waals surface area contributed by atoms with Crippen LogP contribution in [0.5, 0.6) is 0 Å². The summed E-state index contributed by atoms with van der Waals surface area (Å²) in [5.74, 6) is -1.72. The zero-order valence-electron chi connectivity index (χ0n) is 17.0. The zero-order valence-corrected chi connectivity index (χ0v) is 17.9. The number of nitrogens with zero attached hydrogens (tertiary/aromatic N) is 3. The van der Waals surface area contributed by atoms with Crippen molar-refractivity contribution in [2.45, 2.75) is 5.16 Å². The van der Waals surface area contributed by atoms with Gasteiger partial charge in [0.1, 0.15) is 5.52 Å². The Bertz CT molecular complexity index is 1350. The van der Waals surface area contributed by atoms with Crippen molar-refractivity contribution in [2.24, 2.45) is 0 Å². The maximum absolute atomic E-state index is 12.5. The van der Waals surface area contributed by atoms with Gasteiger partial charge in [-0.1, -0.05) is 30.0 Å². The molecule has 11 heteroatoms. The van der Waals surface area contributed by atoms with Crippen LogP contribution in [0.1, 0.15) is 20.7 Å². The lowest BCUT2D eigenvalue weighted by atomic mass is 10.1. The van der Waals surface area contributed by atoms with Crippen molar-refractivity contribution in [2.75, 3.05) is 25.3 Å². The van der Waals surface area contributed by atoms with Gasteiger partial charge in [0.15, 0.2) is 5.65 Å². The van der Waals surface area contributed by atoms with Crippen LogP contribution in [0.25, 0.3) is 22.1 Å². The van der Waals surface area contributed by atoms with Gasteiger partial charge in [0.2, 0.25) is 11.1 Å². The number of para-hydroxylation sites is 1. The van der Waals surface area contributed by atoms with Crippen molar-refractivity contribution in [3.05, 3.63) is 53.6 Å². The fraction of sp³-hybridized carbons (Fsp3) is 0.143. The van der Waals surface area contributed by atoms with Crippen LogP contribution >= 0.6 is 11.8 Å². The van der Waals surface area contributed by atoms with Gasteiger partial charge < -0.3 is 19.8 Å². The monoisotopic (exact) mass is 451 g/mol. The fourth-order valence-corrected chi connectivity index (χ4v) is 3.65. The van der Waals surface area contributed by atoms with Gasteiger partial charge in [-0.25, -0.2) is 14.6 Å². The zero-order chi connectivity index (χ0) is 22.7. The highest BCUT2D eigenvalue weighted by atomic mass is 32.2. The Morgan fingerprint density at radius 2 is 1.81 bits per heavy atom. The molecule has 0 aliphatic carbocycles. The molecule has 32 heavy (non-hydrogen) atoms. The molecule has 0 radical (unpaired) electrons. The Balaban J connectivity index is 1.50. The van der Waals surface area contributed by atoms with Gasteiger partial charge in [-0.3, -0.25) is 4.79 Å². The molecule has 4 rings (SSSR count). The van der Waals surface area contributed by atoms with E-state index in [-0.39, 0.29) is 22.6 Å². The lowest BCUT2D eigenvalue weighted by molar-refractivity contribution is -0.113. The second-order valence-corrected chi connectivity index (χ2v) is 7.49. The number of thioether (sulfide) groups is 1. The Hall–Kier alpha value is -3.99. The Kier molecular flexibility index (Phi) is 5.99. The number of hydrogen-bond acceptors (Lipinski definition) is 9. The van der Waals surface area contributed by atoms with Crippen molar-refractivity contribution >= 4 is 57.4 Å². The number of amides is 1. The number of rotatable bonds is 6. The van der Waals surface area contributed by atoms with Gasteiger partial charge in [-0.15, -0.1) is 10.2 Å². The molecule has 2 N–H and O–H groups in total. The number of aromatic amines is 1. The van der Waals surface area contributed by atoms with Gasteiger partial charge >= 0.3 is 11.9 Å². The highest BCUT2D eigenvalue weighted by molar-refractivity contribution is 7.99. The lowest BCUT2D eigenvalue weighted by Crippen LogP contribution is -2.18. The van der Waals surface area contributed by atoms with Crippen LogP contribution in [0.4, 0.5) is 5.69 Å².